The van der Waals surface area contributed by atoms with Gasteiger partial charge >= 0.3 is 0 Å². The van der Waals surface area contributed by atoms with Gasteiger partial charge in [0.1, 0.15) is 16.5 Å². The molecule has 0 spiro atoms. The van der Waals surface area contributed by atoms with Crippen LogP contribution in [0.2, 0.25) is 0 Å². The Balaban J connectivity index is 0.000000402. The summed E-state index contributed by atoms with van der Waals surface area (Å²) >= 11 is 0. The third-order valence-corrected chi connectivity index (χ3v) is 8.45. The average Bonchev–Trinajstić information content (AvgIpc) is 3.06. The van der Waals surface area contributed by atoms with Crippen molar-refractivity contribution in [3.63, 3.8) is 0 Å². The summed E-state index contributed by atoms with van der Waals surface area (Å²) in [4.78, 5) is 26.4. The molecule has 1 aliphatic rings. The summed E-state index contributed by atoms with van der Waals surface area (Å²) in [6.45, 7) is 9.37. The van der Waals surface area contributed by atoms with Crippen LogP contribution in [-0.2, 0) is 23.0 Å². The highest BCUT2D eigenvalue weighted by molar-refractivity contribution is 7.86. The van der Waals surface area contributed by atoms with Gasteiger partial charge in [-0.1, -0.05) is 38.1 Å². The number of rotatable bonds is 13. The van der Waals surface area contributed by atoms with Crippen LogP contribution in [0.15, 0.2) is 77.4 Å². The number of hydrogen-bond donors (Lipinski definition) is 5. The lowest BCUT2D eigenvalue weighted by Gasteiger charge is -2.26. The Labute approximate surface area is 270 Å². The predicted octanol–water partition coefficient (Wildman–Crippen LogP) is 4.46. The molecular formula is C33H42N6O6S. The van der Waals surface area contributed by atoms with Crippen LogP contribution in [0.1, 0.15) is 76.9 Å². The van der Waals surface area contributed by atoms with Crippen molar-refractivity contribution in [3.8, 4) is 5.75 Å². The average molecular weight is 651 g/mol. The van der Waals surface area contributed by atoms with Gasteiger partial charge in [-0.15, -0.1) is 6.58 Å². The quantitative estimate of drug-likeness (QED) is 0.0440. The number of carbonyl (C=O) groups excluding carboxylic acids is 2. The summed E-state index contributed by atoms with van der Waals surface area (Å²) in [6, 6.07) is 12.9. The van der Waals surface area contributed by atoms with Gasteiger partial charge in [0.05, 0.1) is 17.9 Å². The van der Waals surface area contributed by atoms with Crippen molar-refractivity contribution in [2.24, 2.45) is 22.2 Å². The lowest BCUT2D eigenvalue weighted by atomic mass is 9.85. The number of anilines is 1. The number of hydrogen-bond acceptors (Lipinski definition) is 10. The molecule has 1 amide bonds. The lowest BCUT2D eigenvalue weighted by Crippen LogP contribution is -2.34. The maximum atomic E-state index is 12.4. The first-order valence-corrected chi connectivity index (χ1v) is 16.3. The SMILES string of the molecule is C=CCc1c(OCCCC(C)(C)CNC(=O)c2ccc(NN)nc2)ccc2c1CCCC2=NN.O=Cc1ccccc1S(=O)(=O)O. The second kappa shape index (κ2) is 16.6. The zero-order valence-corrected chi connectivity index (χ0v) is 27.0. The largest absolute Gasteiger partial charge is 0.493 e. The Kier molecular flexibility index (Phi) is 13.0. The number of hydrazone groups is 1. The first-order chi connectivity index (χ1) is 21.9. The zero-order valence-electron chi connectivity index (χ0n) is 26.2. The van der Waals surface area contributed by atoms with Crippen molar-refractivity contribution < 1.29 is 27.3 Å². The van der Waals surface area contributed by atoms with Crippen LogP contribution in [0.4, 0.5) is 5.82 Å². The molecule has 1 aliphatic carbocycles. The van der Waals surface area contributed by atoms with E-state index in [0.717, 1.165) is 55.5 Å². The number of fused-ring (bicyclic) bond motifs is 1. The van der Waals surface area contributed by atoms with E-state index in [9.17, 15) is 18.0 Å². The van der Waals surface area contributed by atoms with E-state index in [1.54, 1.807) is 12.1 Å². The van der Waals surface area contributed by atoms with Crippen molar-refractivity contribution in [1.82, 2.24) is 10.3 Å². The number of hydrazine groups is 1. The molecule has 13 heteroatoms. The van der Waals surface area contributed by atoms with E-state index in [-0.39, 0.29) is 21.8 Å². The number of nitrogen functional groups attached to an aromatic ring is 1. The fourth-order valence-electron chi connectivity index (χ4n) is 5.10. The molecule has 0 atom stereocenters. The molecule has 2 aromatic carbocycles. The Hall–Kier alpha value is -4.59. The molecule has 1 heterocycles. The predicted molar refractivity (Wildman–Crippen MR) is 179 cm³/mol. The highest BCUT2D eigenvalue weighted by atomic mass is 32.2. The maximum Gasteiger partial charge on any atom is 0.295 e. The van der Waals surface area contributed by atoms with E-state index in [1.165, 1.54) is 41.6 Å². The number of amides is 1. The van der Waals surface area contributed by atoms with Crippen molar-refractivity contribution in [2.75, 3.05) is 18.6 Å². The highest BCUT2D eigenvalue weighted by Gasteiger charge is 2.22. The zero-order chi connectivity index (χ0) is 33.7. The van der Waals surface area contributed by atoms with Crippen LogP contribution in [0.25, 0.3) is 0 Å². The molecule has 1 aromatic heterocycles. The van der Waals surface area contributed by atoms with Gasteiger partial charge in [-0.25, -0.2) is 10.8 Å². The van der Waals surface area contributed by atoms with Gasteiger partial charge in [-0.2, -0.15) is 13.5 Å². The monoisotopic (exact) mass is 650 g/mol. The van der Waals surface area contributed by atoms with E-state index in [1.807, 2.05) is 12.1 Å². The molecule has 0 saturated carbocycles. The Morgan fingerprint density at radius 2 is 1.93 bits per heavy atom. The summed E-state index contributed by atoms with van der Waals surface area (Å²) in [5, 5.41) is 6.99. The first-order valence-electron chi connectivity index (χ1n) is 14.8. The van der Waals surface area contributed by atoms with E-state index in [2.05, 4.69) is 47.3 Å². The van der Waals surface area contributed by atoms with Gasteiger partial charge in [0.15, 0.2) is 6.29 Å². The minimum Gasteiger partial charge on any atom is -0.493 e. The molecule has 246 valence electrons. The molecule has 3 aromatic rings. The number of aldehydes is 1. The number of carbonyl (C=O) groups is 2. The molecule has 0 unspecified atom stereocenters. The van der Waals surface area contributed by atoms with Crippen LogP contribution >= 0.6 is 0 Å². The van der Waals surface area contributed by atoms with Crippen molar-refractivity contribution in [3.05, 3.63) is 95.2 Å². The third kappa shape index (κ3) is 9.96. The van der Waals surface area contributed by atoms with Gasteiger partial charge in [0.25, 0.3) is 16.0 Å². The molecule has 0 saturated heterocycles. The minimum atomic E-state index is -4.28. The molecule has 4 rings (SSSR count). The number of pyridine rings is 1. The topological polar surface area (TPSA) is 199 Å². The Bertz CT molecular complexity index is 1660. The van der Waals surface area contributed by atoms with Crippen LogP contribution in [-0.4, -0.2) is 49.0 Å². The number of nitrogens with zero attached hydrogens (tertiary/aromatic N) is 2. The molecule has 0 aliphatic heterocycles. The van der Waals surface area contributed by atoms with E-state index in [0.29, 0.717) is 30.8 Å². The number of allylic oxidation sites excluding steroid dienone is 1. The van der Waals surface area contributed by atoms with Gasteiger partial charge in [0, 0.05) is 29.4 Å². The number of benzene rings is 2. The van der Waals surface area contributed by atoms with Crippen molar-refractivity contribution in [1.29, 1.82) is 0 Å². The second-order valence-corrected chi connectivity index (χ2v) is 12.9. The number of aromatic nitrogens is 1. The molecule has 0 fully saturated rings. The smallest absolute Gasteiger partial charge is 0.295 e. The van der Waals surface area contributed by atoms with Gasteiger partial charge in [-0.05, 0) is 79.8 Å². The van der Waals surface area contributed by atoms with Gasteiger partial charge in [0.2, 0.25) is 0 Å². The summed E-state index contributed by atoms with van der Waals surface area (Å²) < 4.78 is 36.0. The normalized spacial score (nSPS) is 13.5. The lowest BCUT2D eigenvalue weighted by molar-refractivity contribution is 0.0932. The fraction of sp³-hybridized carbons (Fsp3) is 0.333. The summed E-state index contributed by atoms with van der Waals surface area (Å²) in [6.07, 6.45) is 9.30. The summed E-state index contributed by atoms with van der Waals surface area (Å²) in [7, 11) is -4.28. The molecule has 46 heavy (non-hydrogen) atoms. The molecular weight excluding hydrogens is 608 g/mol. The van der Waals surface area contributed by atoms with Crippen molar-refractivity contribution >= 4 is 33.8 Å². The van der Waals surface area contributed by atoms with Crippen LogP contribution in [0, 0.1) is 5.41 Å². The Morgan fingerprint density at radius 3 is 2.54 bits per heavy atom. The fourth-order valence-corrected chi connectivity index (χ4v) is 5.77. The second-order valence-electron chi connectivity index (χ2n) is 11.5. The molecule has 7 N–H and O–H groups in total. The van der Waals surface area contributed by atoms with E-state index >= 15 is 0 Å². The number of nitrogens with two attached hydrogens (primary N) is 2. The molecule has 0 bridgehead atoms. The highest BCUT2D eigenvalue weighted by Crippen LogP contribution is 2.32. The van der Waals surface area contributed by atoms with E-state index < -0.39 is 10.1 Å². The number of ether oxygens (including phenoxy) is 1. The van der Waals surface area contributed by atoms with Crippen LogP contribution in [0.3, 0.4) is 0 Å². The standard InChI is InChI=1S/C26H36N6O2.C7H6O4S/c1-4-7-21-19-8-5-9-22(31-27)20(19)11-12-23(21)34-15-6-14-26(2,3)17-30-25(33)18-10-13-24(32-28)29-16-18;8-5-6-3-1-2-4-7(6)12(9,10)11/h4,10-13,16H,1,5-9,14-15,17,27-28H2,2-3H3,(H,29,32)(H,30,33);1-5H,(H,9,10,11). The van der Waals surface area contributed by atoms with Crippen LogP contribution < -0.4 is 27.2 Å². The van der Waals surface area contributed by atoms with Crippen LogP contribution in [0.5, 0.6) is 5.75 Å². The van der Waals surface area contributed by atoms with Crippen molar-refractivity contribution in [2.45, 2.75) is 57.3 Å². The molecule has 12 nitrogen and oxygen atoms in total. The summed E-state index contributed by atoms with van der Waals surface area (Å²) in [5.41, 5.74) is 7.40. The summed E-state index contributed by atoms with van der Waals surface area (Å²) in [5.74, 6) is 12.2. The number of nitrogens with one attached hydrogen (secondary N) is 2. The maximum absolute atomic E-state index is 12.4. The minimum absolute atomic E-state index is 0.0417. The molecule has 0 radical (unpaired) electrons. The van der Waals surface area contributed by atoms with Gasteiger partial charge < -0.3 is 21.3 Å². The Morgan fingerprint density at radius 1 is 1.17 bits per heavy atom. The van der Waals surface area contributed by atoms with E-state index in [4.69, 9.17) is 21.0 Å². The first kappa shape index (κ1) is 35.9. The third-order valence-electron chi connectivity index (χ3n) is 7.52. The van der Waals surface area contributed by atoms with Gasteiger partial charge in [-0.3, -0.25) is 14.1 Å².